The maximum atomic E-state index is 12.4. The number of aromatic amines is 1. The van der Waals surface area contributed by atoms with Gasteiger partial charge in [-0.3, -0.25) is 9.89 Å². The number of H-pyrrole nitrogens is 1. The molecule has 0 aliphatic heterocycles. The van der Waals surface area contributed by atoms with Crippen LogP contribution in [0.4, 0.5) is 10.6 Å². The molecule has 1 aliphatic rings. The number of nitrogens with one attached hydrogen (secondary N) is 3. The Balaban J connectivity index is 1.54. The minimum Gasteiger partial charge on any atom is -0.446 e. The second-order valence-corrected chi connectivity index (χ2v) is 9.61. The highest BCUT2D eigenvalue weighted by atomic mass is 32.2. The predicted molar refractivity (Wildman–Crippen MR) is 118 cm³/mol. The zero-order valence-corrected chi connectivity index (χ0v) is 18.9. The van der Waals surface area contributed by atoms with Gasteiger partial charge in [-0.25, -0.2) is 18.4 Å². The standard InChI is InChI=1S/C21H29N5O5S/c1-3-13(2)23-21(28)31-16-9-8-14(10-16)17-12-19(26-25-17)24-20(27)11-15-6-4-5-7-18(15)32(22,29)30/h4-7,12-14,16H,3,8-11H2,1-2H3,(H,23,28)(H2,22,29,30)(H2,24,25,26,27)/t13-,14-,16+/m0/s1. The van der Waals surface area contributed by atoms with Crippen LogP contribution < -0.4 is 15.8 Å². The van der Waals surface area contributed by atoms with Gasteiger partial charge in [0.15, 0.2) is 5.82 Å². The van der Waals surface area contributed by atoms with Crippen LogP contribution >= 0.6 is 0 Å². The molecule has 3 atom stereocenters. The Kier molecular flexibility index (Phi) is 7.52. The van der Waals surface area contributed by atoms with Gasteiger partial charge in [-0.1, -0.05) is 25.1 Å². The highest BCUT2D eigenvalue weighted by molar-refractivity contribution is 7.89. The number of aromatic nitrogens is 2. The Morgan fingerprint density at radius 3 is 2.78 bits per heavy atom. The van der Waals surface area contributed by atoms with Crippen LogP contribution in [0.25, 0.3) is 0 Å². The molecule has 11 heteroatoms. The van der Waals surface area contributed by atoms with E-state index in [1.807, 2.05) is 13.8 Å². The average Bonchev–Trinajstić information content (AvgIpc) is 3.36. The van der Waals surface area contributed by atoms with Crippen LogP contribution in [-0.2, 0) is 26.0 Å². The first-order valence-corrected chi connectivity index (χ1v) is 12.1. The molecule has 2 amide bonds. The molecule has 1 saturated carbocycles. The molecule has 174 valence electrons. The van der Waals surface area contributed by atoms with Crippen LogP contribution in [0, 0.1) is 0 Å². The summed E-state index contributed by atoms with van der Waals surface area (Å²) in [5.41, 5.74) is 1.16. The minimum atomic E-state index is -3.92. The number of carbonyl (C=O) groups is 2. The largest absolute Gasteiger partial charge is 0.446 e. The van der Waals surface area contributed by atoms with Crippen molar-refractivity contribution in [3.8, 4) is 0 Å². The van der Waals surface area contributed by atoms with E-state index in [-0.39, 0.29) is 29.4 Å². The number of alkyl carbamates (subject to hydrolysis) is 1. The van der Waals surface area contributed by atoms with Gasteiger partial charge in [0.1, 0.15) is 6.10 Å². The van der Waals surface area contributed by atoms with Crippen molar-refractivity contribution in [3.63, 3.8) is 0 Å². The fraction of sp³-hybridized carbons (Fsp3) is 0.476. The zero-order chi connectivity index (χ0) is 23.3. The number of ether oxygens (including phenoxy) is 1. The van der Waals surface area contributed by atoms with Crippen LogP contribution in [0.15, 0.2) is 35.2 Å². The van der Waals surface area contributed by atoms with Crippen molar-refractivity contribution < 1.29 is 22.7 Å². The van der Waals surface area contributed by atoms with Crippen molar-refractivity contribution in [3.05, 3.63) is 41.6 Å². The quantitative estimate of drug-likeness (QED) is 0.471. The summed E-state index contributed by atoms with van der Waals surface area (Å²) >= 11 is 0. The highest BCUT2D eigenvalue weighted by Gasteiger charge is 2.30. The van der Waals surface area contributed by atoms with Gasteiger partial charge >= 0.3 is 6.09 Å². The Hall–Kier alpha value is -2.92. The lowest BCUT2D eigenvalue weighted by atomic mass is 10.0. The number of nitrogens with zero attached hydrogens (tertiary/aromatic N) is 1. The number of hydrogen-bond acceptors (Lipinski definition) is 6. The molecule has 0 radical (unpaired) electrons. The molecule has 1 aromatic heterocycles. The second-order valence-electron chi connectivity index (χ2n) is 8.08. The van der Waals surface area contributed by atoms with E-state index in [1.54, 1.807) is 24.3 Å². The second kappa shape index (κ2) is 10.1. The molecule has 0 spiro atoms. The van der Waals surface area contributed by atoms with E-state index >= 15 is 0 Å². The summed E-state index contributed by atoms with van der Waals surface area (Å²) in [4.78, 5) is 24.3. The number of amides is 2. The van der Waals surface area contributed by atoms with Gasteiger partial charge in [-0.15, -0.1) is 0 Å². The summed E-state index contributed by atoms with van der Waals surface area (Å²) in [7, 11) is -3.92. The summed E-state index contributed by atoms with van der Waals surface area (Å²) in [6.45, 7) is 3.91. The third-order valence-electron chi connectivity index (χ3n) is 5.57. The topological polar surface area (TPSA) is 156 Å². The van der Waals surface area contributed by atoms with Crippen LogP contribution in [0.5, 0.6) is 0 Å². The molecule has 0 saturated heterocycles. The Morgan fingerprint density at radius 1 is 1.31 bits per heavy atom. The normalized spacial score (nSPS) is 19.3. The fourth-order valence-corrected chi connectivity index (χ4v) is 4.49. The van der Waals surface area contributed by atoms with Crippen LogP contribution in [-0.4, -0.2) is 42.8 Å². The summed E-state index contributed by atoms with van der Waals surface area (Å²) in [5, 5.41) is 17.7. The van der Waals surface area contributed by atoms with Gasteiger partial charge in [0, 0.05) is 23.7 Å². The van der Waals surface area contributed by atoms with Crippen LogP contribution in [0.3, 0.4) is 0 Å². The molecular weight excluding hydrogens is 434 g/mol. The van der Waals surface area contributed by atoms with Gasteiger partial charge < -0.3 is 15.4 Å². The number of hydrogen-bond donors (Lipinski definition) is 4. The molecule has 10 nitrogen and oxygen atoms in total. The van der Waals surface area contributed by atoms with Gasteiger partial charge in [0.25, 0.3) is 0 Å². The SMILES string of the molecule is CC[C@H](C)NC(=O)O[C@@H]1CC[C@H](c2cc(NC(=O)Cc3ccccc3S(N)(=O)=O)n[nH]2)C1. The summed E-state index contributed by atoms with van der Waals surface area (Å²) in [5.74, 6) is 0.0723. The van der Waals surface area contributed by atoms with Crippen molar-refractivity contribution in [2.75, 3.05) is 5.32 Å². The smallest absolute Gasteiger partial charge is 0.407 e. The molecule has 32 heavy (non-hydrogen) atoms. The minimum absolute atomic E-state index is 0.0652. The molecule has 1 heterocycles. The van der Waals surface area contributed by atoms with E-state index in [9.17, 15) is 18.0 Å². The van der Waals surface area contributed by atoms with Crippen molar-refractivity contribution >= 4 is 27.8 Å². The first-order valence-electron chi connectivity index (χ1n) is 10.6. The van der Waals surface area contributed by atoms with Crippen molar-refractivity contribution in [2.45, 2.75) is 68.9 Å². The van der Waals surface area contributed by atoms with E-state index in [0.717, 1.165) is 25.0 Å². The van der Waals surface area contributed by atoms with Crippen LogP contribution in [0.2, 0.25) is 0 Å². The lowest BCUT2D eigenvalue weighted by Gasteiger charge is -2.16. The number of carbonyl (C=O) groups excluding carboxylic acids is 2. The van der Waals surface area contributed by atoms with E-state index < -0.39 is 22.0 Å². The number of nitrogens with two attached hydrogens (primary N) is 1. The van der Waals surface area contributed by atoms with E-state index in [1.165, 1.54) is 6.07 Å². The highest BCUT2D eigenvalue weighted by Crippen LogP contribution is 2.35. The summed E-state index contributed by atoms with van der Waals surface area (Å²) < 4.78 is 28.9. The molecule has 1 fully saturated rings. The maximum Gasteiger partial charge on any atom is 0.407 e. The monoisotopic (exact) mass is 463 g/mol. The molecule has 1 aromatic carbocycles. The Morgan fingerprint density at radius 2 is 2.06 bits per heavy atom. The summed E-state index contributed by atoms with van der Waals surface area (Å²) in [6.07, 6.45) is 2.37. The molecule has 0 unspecified atom stereocenters. The predicted octanol–water partition coefficient (Wildman–Crippen LogP) is 2.40. The number of primary sulfonamides is 1. The third-order valence-corrected chi connectivity index (χ3v) is 6.58. The number of rotatable bonds is 8. The fourth-order valence-electron chi connectivity index (χ4n) is 3.72. The van der Waals surface area contributed by atoms with Gasteiger partial charge in [-0.05, 0) is 44.2 Å². The molecule has 3 rings (SSSR count). The zero-order valence-electron chi connectivity index (χ0n) is 18.1. The van der Waals surface area contributed by atoms with Gasteiger partial charge in [-0.2, -0.15) is 5.10 Å². The molecular formula is C21H29N5O5S. The summed E-state index contributed by atoms with van der Waals surface area (Å²) in [6, 6.07) is 7.92. The Bertz CT molecular complexity index is 1070. The molecule has 5 N–H and O–H groups in total. The lowest BCUT2D eigenvalue weighted by Crippen LogP contribution is -2.34. The van der Waals surface area contributed by atoms with Crippen LogP contribution in [0.1, 0.15) is 56.7 Å². The molecule has 2 aromatic rings. The first-order chi connectivity index (χ1) is 15.2. The maximum absolute atomic E-state index is 12.4. The number of sulfonamides is 1. The van der Waals surface area contributed by atoms with Gasteiger partial charge in [0.2, 0.25) is 15.9 Å². The number of anilines is 1. The molecule has 1 aliphatic carbocycles. The number of benzene rings is 1. The van der Waals surface area contributed by atoms with E-state index in [2.05, 4.69) is 20.8 Å². The molecule has 0 bridgehead atoms. The lowest BCUT2D eigenvalue weighted by molar-refractivity contribution is -0.115. The van der Waals surface area contributed by atoms with Crippen molar-refractivity contribution in [1.82, 2.24) is 15.5 Å². The van der Waals surface area contributed by atoms with E-state index in [4.69, 9.17) is 9.88 Å². The third kappa shape index (κ3) is 6.30. The van der Waals surface area contributed by atoms with Crippen molar-refractivity contribution in [2.24, 2.45) is 5.14 Å². The average molecular weight is 464 g/mol. The van der Waals surface area contributed by atoms with Gasteiger partial charge in [0.05, 0.1) is 11.3 Å². The Labute approximate surface area is 187 Å². The van der Waals surface area contributed by atoms with Crippen molar-refractivity contribution in [1.29, 1.82) is 0 Å². The van der Waals surface area contributed by atoms with E-state index in [0.29, 0.717) is 17.8 Å². The first kappa shape index (κ1) is 23.7.